The third kappa shape index (κ3) is 3.93. The summed E-state index contributed by atoms with van der Waals surface area (Å²) in [6.45, 7) is 5.19. The molecule has 4 nitrogen and oxygen atoms in total. The van der Waals surface area contributed by atoms with Crippen LogP contribution in [0.5, 0.6) is 0 Å². The maximum Gasteiger partial charge on any atom is 0.180 e. The summed E-state index contributed by atoms with van der Waals surface area (Å²) in [5.74, 6) is 0.891. The molecule has 1 aromatic rings. The van der Waals surface area contributed by atoms with E-state index in [-0.39, 0.29) is 0 Å². The Morgan fingerprint density at radius 2 is 2.33 bits per heavy atom. The Kier molecular flexibility index (Phi) is 4.97. The summed E-state index contributed by atoms with van der Waals surface area (Å²) in [4.78, 5) is 6.85. The number of nitrogens with zero attached hydrogens (tertiary/aromatic N) is 2. The van der Waals surface area contributed by atoms with Crippen molar-refractivity contribution in [2.45, 2.75) is 32.2 Å². The lowest BCUT2D eigenvalue weighted by atomic mass is 10.1. The van der Waals surface area contributed by atoms with Gasteiger partial charge in [-0.25, -0.2) is 4.98 Å². The Morgan fingerprint density at radius 1 is 1.56 bits per heavy atom. The normalized spacial score (nSPS) is 17.3. The molecule has 18 heavy (non-hydrogen) atoms. The Balaban J connectivity index is 1.83. The summed E-state index contributed by atoms with van der Waals surface area (Å²) >= 11 is 1.52. The maximum atomic E-state index is 5.66. The zero-order chi connectivity index (χ0) is 13.0. The average molecular weight is 269 g/mol. The van der Waals surface area contributed by atoms with Crippen molar-refractivity contribution in [3.8, 4) is 0 Å². The summed E-state index contributed by atoms with van der Waals surface area (Å²) < 4.78 is 5.20. The molecule has 0 aliphatic heterocycles. The van der Waals surface area contributed by atoms with Crippen molar-refractivity contribution in [2.24, 2.45) is 5.92 Å². The summed E-state index contributed by atoms with van der Waals surface area (Å²) in [6, 6.07) is 0.663. The topological polar surface area (TPSA) is 51.4 Å². The molecule has 0 radical (unpaired) electrons. The number of nitrogens with two attached hydrogens (primary N) is 1. The number of hydrogen-bond acceptors (Lipinski definition) is 5. The second kappa shape index (κ2) is 6.50. The standard InChI is InChI=1S/C13H23N3OS/c1-10(11-3-4-11)16(7-8-17-2)6-5-12-9-18-13(14)15-12/h9-11H,3-8H2,1-2H3,(H2,14,15). The first kappa shape index (κ1) is 13.8. The highest BCUT2D eigenvalue weighted by molar-refractivity contribution is 7.13. The third-order valence-electron chi connectivity index (χ3n) is 3.69. The quantitative estimate of drug-likeness (QED) is 0.784. The molecule has 0 bridgehead atoms. The predicted octanol–water partition coefficient (Wildman–Crippen LogP) is 2.01. The van der Waals surface area contributed by atoms with Gasteiger partial charge in [0.1, 0.15) is 0 Å². The van der Waals surface area contributed by atoms with E-state index in [1.165, 1.54) is 24.2 Å². The Bertz CT molecular complexity index is 365. The molecule has 1 fully saturated rings. The van der Waals surface area contributed by atoms with Gasteiger partial charge in [-0.2, -0.15) is 0 Å². The first-order valence-electron chi connectivity index (χ1n) is 6.63. The zero-order valence-corrected chi connectivity index (χ0v) is 12.1. The highest BCUT2D eigenvalue weighted by Crippen LogP contribution is 2.35. The molecule has 1 saturated carbocycles. The zero-order valence-electron chi connectivity index (χ0n) is 11.3. The largest absolute Gasteiger partial charge is 0.383 e. The Labute approximate surface area is 113 Å². The molecule has 0 saturated heterocycles. The van der Waals surface area contributed by atoms with Gasteiger partial charge in [-0.1, -0.05) is 0 Å². The van der Waals surface area contributed by atoms with Gasteiger partial charge in [0, 0.05) is 38.0 Å². The number of aromatic nitrogens is 1. The first-order chi connectivity index (χ1) is 8.70. The molecule has 1 aliphatic rings. The van der Waals surface area contributed by atoms with Crippen LogP contribution in [0.2, 0.25) is 0 Å². The summed E-state index contributed by atoms with van der Waals surface area (Å²) in [6.07, 6.45) is 3.75. The highest BCUT2D eigenvalue weighted by atomic mass is 32.1. The minimum absolute atomic E-state index is 0.663. The number of anilines is 1. The number of nitrogen functional groups attached to an aromatic ring is 1. The van der Waals surface area contributed by atoms with Crippen molar-refractivity contribution in [1.82, 2.24) is 9.88 Å². The monoisotopic (exact) mass is 269 g/mol. The van der Waals surface area contributed by atoms with Crippen LogP contribution in [0.3, 0.4) is 0 Å². The van der Waals surface area contributed by atoms with Gasteiger partial charge in [0.15, 0.2) is 5.13 Å². The first-order valence-corrected chi connectivity index (χ1v) is 7.51. The van der Waals surface area contributed by atoms with Crippen LogP contribution < -0.4 is 5.73 Å². The van der Waals surface area contributed by atoms with Crippen LogP contribution >= 0.6 is 11.3 Å². The van der Waals surface area contributed by atoms with Gasteiger partial charge in [0.2, 0.25) is 0 Å². The molecular formula is C13H23N3OS. The number of hydrogen-bond donors (Lipinski definition) is 1. The van der Waals surface area contributed by atoms with Crippen LogP contribution in [-0.4, -0.2) is 42.7 Å². The molecule has 5 heteroatoms. The Hall–Kier alpha value is -0.650. The fraction of sp³-hybridized carbons (Fsp3) is 0.769. The van der Waals surface area contributed by atoms with Gasteiger partial charge in [-0.3, -0.25) is 4.90 Å². The van der Waals surface area contributed by atoms with Gasteiger partial charge in [-0.15, -0.1) is 11.3 Å². The summed E-state index contributed by atoms with van der Waals surface area (Å²) in [7, 11) is 1.76. The fourth-order valence-electron chi connectivity index (χ4n) is 2.30. The maximum absolute atomic E-state index is 5.66. The average Bonchev–Trinajstić information content (AvgIpc) is 3.13. The molecule has 102 valence electrons. The molecule has 2 rings (SSSR count). The lowest BCUT2D eigenvalue weighted by molar-refractivity contribution is 0.118. The van der Waals surface area contributed by atoms with Crippen LogP contribution in [0.15, 0.2) is 5.38 Å². The molecule has 0 spiro atoms. The van der Waals surface area contributed by atoms with Crippen LogP contribution in [0.25, 0.3) is 0 Å². The van der Waals surface area contributed by atoms with Crippen molar-refractivity contribution in [2.75, 3.05) is 32.5 Å². The third-order valence-corrected chi connectivity index (χ3v) is 4.41. The van der Waals surface area contributed by atoms with Gasteiger partial charge < -0.3 is 10.5 Å². The molecule has 0 amide bonds. The SMILES string of the molecule is COCCN(CCc1csc(N)n1)C(C)C1CC1. The van der Waals surface area contributed by atoms with Crippen molar-refractivity contribution >= 4 is 16.5 Å². The van der Waals surface area contributed by atoms with Crippen molar-refractivity contribution in [1.29, 1.82) is 0 Å². The van der Waals surface area contributed by atoms with E-state index in [0.29, 0.717) is 11.2 Å². The lowest BCUT2D eigenvalue weighted by Gasteiger charge is -2.28. The summed E-state index contributed by atoms with van der Waals surface area (Å²) in [5.41, 5.74) is 6.77. The number of rotatable bonds is 8. The van der Waals surface area contributed by atoms with E-state index < -0.39 is 0 Å². The van der Waals surface area contributed by atoms with Gasteiger partial charge in [0.05, 0.1) is 12.3 Å². The number of thiazole rings is 1. The fourth-order valence-corrected chi connectivity index (χ4v) is 2.90. The summed E-state index contributed by atoms with van der Waals surface area (Å²) in [5, 5.41) is 2.73. The van der Waals surface area contributed by atoms with Crippen LogP contribution in [0.4, 0.5) is 5.13 Å². The Morgan fingerprint density at radius 3 is 2.89 bits per heavy atom. The second-order valence-electron chi connectivity index (χ2n) is 5.03. The second-order valence-corrected chi connectivity index (χ2v) is 5.92. The van der Waals surface area contributed by atoms with Gasteiger partial charge >= 0.3 is 0 Å². The lowest BCUT2D eigenvalue weighted by Crippen LogP contribution is -2.38. The molecular weight excluding hydrogens is 246 g/mol. The van der Waals surface area contributed by atoms with Crippen molar-refractivity contribution in [3.05, 3.63) is 11.1 Å². The molecule has 1 aliphatic carbocycles. The van der Waals surface area contributed by atoms with E-state index >= 15 is 0 Å². The number of methoxy groups -OCH3 is 1. The minimum Gasteiger partial charge on any atom is -0.383 e. The van der Waals surface area contributed by atoms with Crippen molar-refractivity contribution < 1.29 is 4.74 Å². The van der Waals surface area contributed by atoms with E-state index in [1.54, 1.807) is 7.11 Å². The van der Waals surface area contributed by atoms with E-state index in [4.69, 9.17) is 10.5 Å². The molecule has 2 N–H and O–H groups in total. The van der Waals surface area contributed by atoms with Crippen molar-refractivity contribution in [3.63, 3.8) is 0 Å². The van der Waals surface area contributed by atoms with Crippen LogP contribution in [0, 0.1) is 5.92 Å². The van der Waals surface area contributed by atoms with Crippen LogP contribution in [-0.2, 0) is 11.2 Å². The molecule has 1 aromatic heterocycles. The van der Waals surface area contributed by atoms with Gasteiger partial charge in [-0.05, 0) is 25.7 Å². The van der Waals surface area contributed by atoms with E-state index in [9.17, 15) is 0 Å². The van der Waals surface area contributed by atoms with E-state index in [1.807, 2.05) is 0 Å². The number of ether oxygens (including phenoxy) is 1. The molecule has 1 atom stereocenters. The molecule has 0 aromatic carbocycles. The van der Waals surface area contributed by atoms with E-state index in [2.05, 4.69) is 22.2 Å². The molecule has 1 unspecified atom stereocenters. The smallest absolute Gasteiger partial charge is 0.180 e. The van der Waals surface area contributed by atoms with E-state index in [0.717, 1.165) is 37.7 Å². The predicted molar refractivity (Wildman–Crippen MR) is 75.9 cm³/mol. The van der Waals surface area contributed by atoms with Crippen LogP contribution in [0.1, 0.15) is 25.5 Å². The molecule has 1 heterocycles. The van der Waals surface area contributed by atoms with Gasteiger partial charge in [0.25, 0.3) is 0 Å². The minimum atomic E-state index is 0.663. The highest BCUT2D eigenvalue weighted by Gasteiger charge is 2.31.